The molecule has 0 spiro atoms. The fraction of sp³-hybridized carbons (Fsp3) is 0.500. The Hall–Kier alpha value is -1.89. The number of carbonyl (C=O) groups is 3. The first-order chi connectivity index (χ1) is 9.87. The van der Waals surface area contributed by atoms with Crippen molar-refractivity contribution in [1.29, 1.82) is 0 Å². The molecule has 1 rings (SSSR count). The summed E-state index contributed by atoms with van der Waals surface area (Å²) in [7, 11) is 1.27. The number of anilines is 1. The van der Waals surface area contributed by atoms with Gasteiger partial charge in [0.05, 0.1) is 17.6 Å². The molecule has 1 aromatic rings. The van der Waals surface area contributed by atoms with Crippen molar-refractivity contribution in [1.82, 2.24) is 4.90 Å². The molecule has 6 nitrogen and oxygen atoms in total. The van der Waals surface area contributed by atoms with Gasteiger partial charge in [0.15, 0.2) is 0 Å². The summed E-state index contributed by atoms with van der Waals surface area (Å²) in [6, 6.07) is 0. The SMILES string of the molecule is CCN(CC)C(=O)c1sc(NC(C)=O)c(C(=O)OC)c1C. The maximum atomic E-state index is 12.5. The molecule has 0 aliphatic carbocycles. The van der Waals surface area contributed by atoms with Crippen LogP contribution in [0.4, 0.5) is 5.00 Å². The minimum atomic E-state index is -0.564. The molecule has 0 atom stereocenters. The van der Waals surface area contributed by atoms with E-state index >= 15 is 0 Å². The minimum Gasteiger partial charge on any atom is -0.465 e. The van der Waals surface area contributed by atoms with E-state index in [1.54, 1.807) is 11.8 Å². The van der Waals surface area contributed by atoms with Gasteiger partial charge in [-0.15, -0.1) is 11.3 Å². The number of thiophene rings is 1. The third-order valence-electron chi connectivity index (χ3n) is 3.07. The van der Waals surface area contributed by atoms with Gasteiger partial charge in [-0.3, -0.25) is 9.59 Å². The number of amides is 2. The van der Waals surface area contributed by atoms with Crippen molar-refractivity contribution in [2.75, 3.05) is 25.5 Å². The molecule has 2 amide bonds. The van der Waals surface area contributed by atoms with E-state index in [9.17, 15) is 14.4 Å². The first kappa shape index (κ1) is 17.2. The van der Waals surface area contributed by atoms with Gasteiger partial charge in [-0.25, -0.2) is 4.79 Å². The molecule has 1 aromatic heterocycles. The lowest BCUT2D eigenvalue weighted by Gasteiger charge is -2.17. The van der Waals surface area contributed by atoms with E-state index in [1.807, 2.05) is 13.8 Å². The summed E-state index contributed by atoms with van der Waals surface area (Å²) in [5.74, 6) is -1.02. The number of carbonyl (C=O) groups excluding carboxylic acids is 3. The third-order valence-corrected chi connectivity index (χ3v) is 4.27. The molecule has 116 valence electrons. The summed E-state index contributed by atoms with van der Waals surface area (Å²) < 4.78 is 4.74. The van der Waals surface area contributed by atoms with Crippen molar-refractivity contribution in [3.63, 3.8) is 0 Å². The summed E-state index contributed by atoms with van der Waals surface area (Å²) in [4.78, 5) is 37.7. The van der Waals surface area contributed by atoms with Gasteiger partial charge in [-0.2, -0.15) is 0 Å². The number of ether oxygens (including phenoxy) is 1. The molecule has 21 heavy (non-hydrogen) atoms. The topological polar surface area (TPSA) is 75.7 Å². The van der Waals surface area contributed by atoms with Crippen molar-refractivity contribution in [3.05, 3.63) is 16.0 Å². The first-order valence-corrected chi connectivity index (χ1v) is 7.47. The summed E-state index contributed by atoms with van der Waals surface area (Å²) in [6.07, 6.45) is 0. The predicted molar refractivity (Wildman–Crippen MR) is 82.0 cm³/mol. The Morgan fingerprint density at radius 3 is 2.24 bits per heavy atom. The van der Waals surface area contributed by atoms with E-state index < -0.39 is 5.97 Å². The number of nitrogens with zero attached hydrogens (tertiary/aromatic N) is 1. The van der Waals surface area contributed by atoms with E-state index in [1.165, 1.54) is 14.0 Å². The van der Waals surface area contributed by atoms with Crippen LogP contribution in [0.5, 0.6) is 0 Å². The van der Waals surface area contributed by atoms with Gasteiger partial charge in [0.2, 0.25) is 5.91 Å². The van der Waals surface area contributed by atoms with Crippen molar-refractivity contribution >= 4 is 34.1 Å². The van der Waals surface area contributed by atoms with E-state index in [0.29, 0.717) is 28.5 Å². The summed E-state index contributed by atoms with van der Waals surface area (Å²) >= 11 is 1.10. The average molecular weight is 312 g/mol. The molecule has 0 aromatic carbocycles. The highest BCUT2D eigenvalue weighted by Gasteiger charge is 2.27. The smallest absolute Gasteiger partial charge is 0.341 e. The predicted octanol–water partition coefficient (Wildman–Crippen LogP) is 2.28. The van der Waals surface area contributed by atoms with Crippen molar-refractivity contribution in [3.8, 4) is 0 Å². The maximum Gasteiger partial charge on any atom is 0.341 e. The van der Waals surface area contributed by atoms with Crippen LogP contribution in [0.25, 0.3) is 0 Å². The zero-order valence-electron chi connectivity index (χ0n) is 12.9. The van der Waals surface area contributed by atoms with Crippen LogP contribution in [0.3, 0.4) is 0 Å². The van der Waals surface area contributed by atoms with Gasteiger partial charge < -0.3 is 15.0 Å². The van der Waals surface area contributed by atoms with E-state index in [4.69, 9.17) is 4.74 Å². The lowest BCUT2D eigenvalue weighted by atomic mass is 10.1. The molecule has 0 aliphatic rings. The minimum absolute atomic E-state index is 0.149. The van der Waals surface area contributed by atoms with Crippen LogP contribution in [-0.4, -0.2) is 42.9 Å². The highest BCUT2D eigenvalue weighted by atomic mass is 32.1. The Morgan fingerprint density at radius 1 is 1.24 bits per heavy atom. The molecule has 0 radical (unpaired) electrons. The molecule has 1 heterocycles. The lowest BCUT2D eigenvalue weighted by Crippen LogP contribution is -2.30. The Bertz CT molecular complexity index is 562. The molecule has 0 unspecified atom stereocenters. The van der Waals surface area contributed by atoms with E-state index in [-0.39, 0.29) is 17.4 Å². The number of esters is 1. The Labute approximate surface area is 128 Å². The standard InChI is InChI=1S/C14H20N2O4S/c1-6-16(7-2)13(18)11-8(3)10(14(19)20-5)12(21-11)15-9(4)17/h6-7H2,1-5H3,(H,15,17). The Morgan fingerprint density at radius 2 is 1.81 bits per heavy atom. The van der Waals surface area contributed by atoms with Crippen molar-refractivity contribution < 1.29 is 19.1 Å². The summed E-state index contributed by atoms with van der Waals surface area (Å²) in [6.45, 7) is 7.97. The number of nitrogens with one attached hydrogen (secondary N) is 1. The van der Waals surface area contributed by atoms with Crippen LogP contribution < -0.4 is 5.32 Å². The van der Waals surface area contributed by atoms with Crippen molar-refractivity contribution in [2.45, 2.75) is 27.7 Å². The second-order valence-corrected chi connectivity index (χ2v) is 5.43. The zero-order chi connectivity index (χ0) is 16.2. The number of hydrogen-bond donors (Lipinski definition) is 1. The molecule has 0 saturated heterocycles. The molecule has 0 aliphatic heterocycles. The normalized spacial score (nSPS) is 10.1. The number of methoxy groups -OCH3 is 1. The number of hydrogen-bond acceptors (Lipinski definition) is 5. The van der Waals surface area contributed by atoms with Crippen LogP contribution in [0.1, 0.15) is 46.4 Å². The van der Waals surface area contributed by atoms with Crippen LogP contribution in [-0.2, 0) is 9.53 Å². The quantitative estimate of drug-likeness (QED) is 0.846. The average Bonchev–Trinajstić information content (AvgIpc) is 2.75. The lowest BCUT2D eigenvalue weighted by molar-refractivity contribution is -0.114. The molecule has 0 fully saturated rings. The van der Waals surface area contributed by atoms with Gasteiger partial charge in [-0.05, 0) is 26.3 Å². The molecule has 0 saturated carbocycles. The van der Waals surface area contributed by atoms with Gasteiger partial charge in [0.1, 0.15) is 5.00 Å². The Balaban J connectivity index is 3.35. The van der Waals surface area contributed by atoms with Crippen LogP contribution in [0.15, 0.2) is 0 Å². The van der Waals surface area contributed by atoms with Gasteiger partial charge >= 0.3 is 5.97 Å². The molecule has 7 heteroatoms. The third kappa shape index (κ3) is 3.60. The van der Waals surface area contributed by atoms with Gasteiger partial charge in [0.25, 0.3) is 5.91 Å². The molecular weight excluding hydrogens is 292 g/mol. The molecular formula is C14H20N2O4S. The van der Waals surface area contributed by atoms with Crippen LogP contribution in [0, 0.1) is 6.92 Å². The number of rotatable bonds is 5. The maximum absolute atomic E-state index is 12.5. The zero-order valence-corrected chi connectivity index (χ0v) is 13.7. The molecule has 0 bridgehead atoms. The van der Waals surface area contributed by atoms with Gasteiger partial charge in [-0.1, -0.05) is 0 Å². The van der Waals surface area contributed by atoms with E-state index in [2.05, 4.69) is 5.32 Å². The second kappa shape index (κ2) is 7.21. The fourth-order valence-corrected chi connectivity index (χ4v) is 3.18. The summed E-state index contributed by atoms with van der Waals surface area (Å²) in [5.41, 5.74) is 0.778. The fourth-order valence-electron chi connectivity index (χ4n) is 1.97. The molecule has 1 N–H and O–H groups in total. The highest BCUT2D eigenvalue weighted by Crippen LogP contribution is 2.34. The summed E-state index contributed by atoms with van der Waals surface area (Å²) in [5, 5.41) is 2.94. The first-order valence-electron chi connectivity index (χ1n) is 6.65. The Kier molecular flexibility index (Phi) is 5.90. The van der Waals surface area contributed by atoms with Gasteiger partial charge in [0, 0.05) is 20.0 Å². The largest absolute Gasteiger partial charge is 0.465 e. The highest BCUT2D eigenvalue weighted by molar-refractivity contribution is 7.18. The van der Waals surface area contributed by atoms with Crippen LogP contribution in [0.2, 0.25) is 0 Å². The second-order valence-electron chi connectivity index (χ2n) is 4.41. The van der Waals surface area contributed by atoms with Crippen LogP contribution >= 0.6 is 11.3 Å². The van der Waals surface area contributed by atoms with Crippen molar-refractivity contribution in [2.24, 2.45) is 0 Å². The van der Waals surface area contributed by atoms with E-state index in [0.717, 1.165) is 11.3 Å². The monoisotopic (exact) mass is 312 g/mol.